The van der Waals surface area contributed by atoms with Crippen molar-refractivity contribution in [1.29, 1.82) is 0 Å². The highest BCUT2D eigenvalue weighted by molar-refractivity contribution is 5.97. The van der Waals surface area contributed by atoms with Gasteiger partial charge >= 0.3 is 5.97 Å². The van der Waals surface area contributed by atoms with Crippen LogP contribution < -0.4 is 0 Å². The number of ketones is 1. The fourth-order valence-corrected chi connectivity index (χ4v) is 2.11. The van der Waals surface area contributed by atoms with E-state index in [-0.39, 0.29) is 5.78 Å². The van der Waals surface area contributed by atoms with E-state index in [0.717, 1.165) is 23.1 Å². The number of Topliss-reactive ketones (excluding diaryl/α,β-unsaturated/α-hetero) is 1. The number of carboxylic acid groups (broad SMARTS) is 1. The van der Waals surface area contributed by atoms with Crippen molar-refractivity contribution >= 4 is 11.8 Å². The van der Waals surface area contributed by atoms with E-state index in [1.54, 1.807) is 6.92 Å². The molecule has 0 heterocycles. The number of carbonyl (C=O) groups is 2. The van der Waals surface area contributed by atoms with Crippen LogP contribution in [0.2, 0.25) is 0 Å². The maximum absolute atomic E-state index is 11.5. The molecule has 0 saturated carbocycles. The third-order valence-corrected chi connectivity index (χ3v) is 3.37. The standard InChI is InChI=1S/C15H16O3/c1-10(15(17)18)12-7-5-11(6-8-12)9-13-3-2-4-14(13)16/h3,5-8,10H,2,4,9H2,1H3,(H,17,18). The molecule has 1 aliphatic rings. The minimum absolute atomic E-state index is 0.234. The summed E-state index contributed by atoms with van der Waals surface area (Å²) in [6.07, 6.45) is 4.13. The van der Waals surface area contributed by atoms with Crippen molar-refractivity contribution in [1.82, 2.24) is 0 Å². The predicted octanol–water partition coefficient (Wildman–Crippen LogP) is 2.71. The Morgan fingerprint density at radius 3 is 2.50 bits per heavy atom. The van der Waals surface area contributed by atoms with Crippen LogP contribution in [0.25, 0.3) is 0 Å². The number of hydrogen-bond donors (Lipinski definition) is 1. The Balaban J connectivity index is 2.08. The third-order valence-electron chi connectivity index (χ3n) is 3.37. The Morgan fingerprint density at radius 2 is 2.00 bits per heavy atom. The minimum Gasteiger partial charge on any atom is -0.481 e. The summed E-state index contributed by atoms with van der Waals surface area (Å²) in [6, 6.07) is 7.46. The average molecular weight is 244 g/mol. The first-order chi connectivity index (χ1) is 8.58. The number of carbonyl (C=O) groups excluding carboxylic acids is 1. The first kappa shape index (κ1) is 12.6. The Labute approximate surface area is 106 Å². The highest BCUT2D eigenvalue weighted by atomic mass is 16.4. The van der Waals surface area contributed by atoms with Gasteiger partial charge in [-0.1, -0.05) is 30.3 Å². The second-order valence-corrected chi connectivity index (χ2v) is 4.67. The molecule has 3 nitrogen and oxygen atoms in total. The largest absolute Gasteiger partial charge is 0.481 e. The molecule has 1 aromatic rings. The Hall–Kier alpha value is -1.90. The highest BCUT2D eigenvalue weighted by Gasteiger charge is 2.16. The van der Waals surface area contributed by atoms with Gasteiger partial charge in [0.05, 0.1) is 5.92 Å². The lowest BCUT2D eigenvalue weighted by Crippen LogP contribution is -2.07. The summed E-state index contributed by atoms with van der Waals surface area (Å²) in [6.45, 7) is 1.67. The molecule has 0 aromatic heterocycles. The fourth-order valence-electron chi connectivity index (χ4n) is 2.11. The molecule has 0 spiro atoms. The monoisotopic (exact) mass is 244 g/mol. The van der Waals surface area contributed by atoms with Crippen LogP contribution in [0.4, 0.5) is 0 Å². The van der Waals surface area contributed by atoms with E-state index < -0.39 is 11.9 Å². The summed E-state index contributed by atoms with van der Waals surface area (Å²) in [4.78, 5) is 22.3. The van der Waals surface area contributed by atoms with E-state index >= 15 is 0 Å². The molecule has 2 rings (SSSR count). The fraction of sp³-hybridized carbons (Fsp3) is 0.333. The zero-order valence-electron chi connectivity index (χ0n) is 10.3. The van der Waals surface area contributed by atoms with Gasteiger partial charge in [0, 0.05) is 12.8 Å². The van der Waals surface area contributed by atoms with Gasteiger partial charge in [0.25, 0.3) is 0 Å². The first-order valence-corrected chi connectivity index (χ1v) is 6.12. The molecule has 0 bridgehead atoms. The van der Waals surface area contributed by atoms with Crippen molar-refractivity contribution in [2.45, 2.75) is 32.1 Å². The van der Waals surface area contributed by atoms with Crippen LogP contribution in [0.15, 0.2) is 35.9 Å². The number of aliphatic carboxylic acids is 1. The number of benzene rings is 1. The number of carboxylic acids is 1. The van der Waals surface area contributed by atoms with E-state index in [0.29, 0.717) is 12.8 Å². The van der Waals surface area contributed by atoms with Gasteiger partial charge in [0.1, 0.15) is 0 Å². The Bertz CT molecular complexity index is 497. The molecule has 1 aliphatic carbocycles. The second kappa shape index (κ2) is 5.17. The van der Waals surface area contributed by atoms with Gasteiger partial charge in [0.15, 0.2) is 5.78 Å². The Morgan fingerprint density at radius 1 is 1.33 bits per heavy atom. The Kier molecular flexibility index (Phi) is 3.60. The topological polar surface area (TPSA) is 54.4 Å². The van der Waals surface area contributed by atoms with E-state index in [2.05, 4.69) is 0 Å². The summed E-state index contributed by atoms with van der Waals surface area (Å²) >= 11 is 0. The van der Waals surface area contributed by atoms with E-state index in [1.165, 1.54) is 0 Å². The van der Waals surface area contributed by atoms with Gasteiger partial charge in [0.2, 0.25) is 0 Å². The van der Waals surface area contributed by atoms with Crippen molar-refractivity contribution in [3.8, 4) is 0 Å². The van der Waals surface area contributed by atoms with Crippen LogP contribution in [0.1, 0.15) is 36.8 Å². The molecule has 1 atom stereocenters. The van der Waals surface area contributed by atoms with Crippen LogP contribution in [0.3, 0.4) is 0 Å². The SMILES string of the molecule is CC(C(=O)O)c1ccc(CC2=CCCC2=O)cc1. The lowest BCUT2D eigenvalue weighted by atomic mass is 9.97. The second-order valence-electron chi connectivity index (χ2n) is 4.67. The molecule has 94 valence electrons. The molecule has 0 amide bonds. The number of rotatable bonds is 4. The van der Waals surface area contributed by atoms with E-state index in [4.69, 9.17) is 5.11 Å². The van der Waals surface area contributed by atoms with Gasteiger partial charge in [-0.3, -0.25) is 9.59 Å². The van der Waals surface area contributed by atoms with Crippen LogP contribution in [0, 0.1) is 0 Å². The molecule has 0 aliphatic heterocycles. The van der Waals surface area contributed by atoms with Gasteiger partial charge in [-0.15, -0.1) is 0 Å². The quantitative estimate of drug-likeness (QED) is 0.886. The molecule has 1 unspecified atom stereocenters. The van der Waals surface area contributed by atoms with Crippen molar-refractivity contribution in [3.63, 3.8) is 0 Å². The molecule has 0 radical (unpaired) electrons. The van der Waals surface area contributed by atoms with E-state index in [9.17, 15) is 9.59 Å². The van der Waals surface area contributed by atoms with Crippen molar-refractivity contribution < 1.29 is 14.7 Å². The van der Waals surface area contributed by atoms with Crippen molar-refractivity contribution in [2.75, 3.05) is 0 Å². The zero-order valence-corrected chi connectivity index (χ0v) is 10.3. The van der Waals surface area contributed by atoms with E-state index in [1.807, 2.05) is 30.3 Å². The lowest BCUT2D eigenvalue weighted by molar-refractivity contribution is -0.138. The van der Waals surface area contributed by atoms with Crippen LogP contribution >= 0.6 is 0 Å². The maximum Gasteiger partial charge on any atom is 0.310 e. The highest BCUT2D eigenvalue weighted by Crippen LogP contribution is 2.21. The molecule has 0 saturated heterocycles. The number of allylic oxidation sites excluding steroid dienone is 2. The third kappa shape index (κ3) is 2.67. The van der Waals surface area contributed by atoms with Gasteiger partial charge in [-0.25, -0.2) is 0 Å². The molecule has 0 fully saturated rings. The average Bonchev–Trinajstić information content (AvgIpc) is 2.75. The minimum atomic E-state index is -0.823. The summed E-state index contributed by atoms with van der Waals surface area (Å²) < 4.78 is 0. The molecule has 1 N–H and O–H groups in total. The zero-order chi connectivity index (χ0) is 13.1. The molecular weight excluding hydrogens is 228 g/mol. The number of hydrogen-bond acceptors (Lipinski definition) is 2. The van der Waals surface area contributed by atoms with Crippen molar-refractivity contribution in [2.24, 2.45) is 0 Å². The van der Waals surface area contributed by atoms with Gasteiger partial charge < -0.3 is 5.11 Å². The van der Waals surface area contributed by atoms with Crippen molar-refractivity contribution in [3.05, 3.63) is 47.0 Å². The van der Waals surface area contributed by atoms with Gasteiger partial charge in [-0.05, 0) is 30.0 Å². The molecule has 18 heavy (non-hydrogen) atoms. The van der Waals surface area contributed by atoms with Crippen LogP contribution in [0.5, 0.6) is 0 Å². The molecule has 1 aromatic carbocycles. The summed E-state index contributed by atoms with van der Waals surface area (Å²) in [5.74, 6) is -1.08. The molecular formula is C15H16O3. The van der Waals surface area contributed by atoms with Gasteiger partial charge in [-0.2, -0.15) is 0 Å². The van der Waals surface area contributed by atoms with Crippen LogP contribution in [-0.4, -0.2) is 16.9 Å². The molecule has 3 heteroatoms. The summed E-state index contributed by atoms with van der Waals surface area (Å²) in [7, 11) is 0. The maximum atomic E-state index is 11.5. The normalized spacial score (nSPS) is 16.5. The first-order valence-electron chi connectivity index (χ1n) is 6.12. The predicted molar refractivity (Wildman–Crippen MR) is 68.5 cm³/mol. The summed E-state index contributed by atoms with van der Waals surface area (Å²) in [5, 5.41) is 8.92. The lowest BCUT2D eigenvalue weighted by Gasteiger charge is -2.08. The van der Waals surface area contributed by atoms with Crippen LogP contribution in [-0.2, 0) is 16.0 Å². The smallest absolute Gasteiger partial charge is 0.310 e. The summed E-state index contributed by atoms with van der Waals surface area (Å²) in [5.41, 5.74) is 2.73.